The quantitative estimate of drug-likeness (QED) is 0.697. The van der Waals surface area contributed by atoms with E-state index in [1.165, 1.54) is 5.56 Å². The Kier molecular flexibility index (Phi) is 7.28. The van der Waals surface area contributed by atoms with E-state index in [-0.39, 0.29) is 11.3 Å². The first-order chi connectivity index (χ1) is 12.8. The standard InChI is InChI=1S/C23H31NO3/c1-17(27-20-14-12-19(13-15-20)23(2,3)4)22(25)24-16-8-10-18-9-6-7-11-21(18)26-5/h6-7,9,11-15,17H,8,10,16H2,1-5H3,(H,24,25)/t17-/m1/s1. The molecule has 2 aromatic rings. The van der Waals surface area contributed by atoms with Crippen molar-refractivity contribution in [2.75, 3.05) is 13.7 Å². The summed E-state index contributed by atoms with van der Waals surface area (Å²) >= 11 is 0. The molecule has 0 aliphatic carbocycles. The van der Waals surface area contributed by atoms with Crippen molar-refractivity contribution >= 4 is 5.91 Å². The molecule has 0 heterocycles. The third kappa shape index (κ3) is 6.31. The van der Waals surface area contributed by atoms with Crippen molar-refractivity contribution in [2.24, 2.45) is 0 Å². The molecule has 4 heteroatoms. The van der Waals surface area contributed by atoms with E-state index in [4.69, 9.17) is 9.47 Å². The Balaban J connectivity index is 1.77. The summed E-state index contributed by atoms with van der Waals surface area (Å²) < 4.78 is 11.1. The van der Waals surface area contributed by atoms with E-state index in [9.17, 15) is 4.79 Å². The zero-order chi connectivity index (χ0) is 19.9. The lowest BCUT2D eigenvalue weighted by Crippen LogP contribution is -2.36. The van der Waals surface area contributed by atoms with Crippen LogP contribution >= 0.6 is 0 Å². The summed E-state index contributed by atoms with van der Waals surface area (Å²) in [6.07, 6.45) is 1.17. The average molecular weight is 370 g/mol. The van der Waals surface area contributed by atoms with Gasteiger partial charge in [0.25, 0.3) is 5.91 Å². The number of methoxy groups -OCH3 is 1. The van der Waals surface area contributed by atoms with Crippen molar-refractivity contribution in [3.63, 3.8) is 0 Å². The largest absolute Gasteiger partial charge is 0.496 e. The van der Waals surface area contributed by atoms with Gasteiger partial charge in [0.05, 0.1) is 7.11 Å². The number of hydrogen-bond acceptors (Lipinski definition) is 3. The summed E-state index contributed by atoms with van der Waals surface area (Å²) in [6, 6.07) is 15.9. The van der Waals surface area contributed by atoms with Crippen LogP contribution in [0.3, 0.4) is 0 Å². The number of nitrogens with one attached hydrogen (secondary N) is 1. The second kappa shape index (κ2) is 9.45. The number of hydrogen-bond donors (Lipinski definition) is 1. The molecule has 146 valence electrons. The van der Waals surface area contributed by atoms with Gasteiger partial charge in [0.15, 0.2) is 6.10 Å². The average Bonchev–Trinajstić information content (AvgIpc) is 2.65. The maximum atomic E-state index is 12.2. The summed E-state index contributed by atoms with van der Waals surface area (Å²) in [5, 5.41) is 2.94. The van der Waals surface area contributed by atoms with E-state index in [0.29, 0.717) is 12.3 Å². The zero-order valence-electron chi connectivity index (χ0n) is 17.0. The monoisotopic (exact) mass is 369 g/mol. The minimum Gasteiger partial charge on any atom is -0.496 e. The second-order valence-corrected chi connectivity index (χ2v) is 7.74. The van der Waals surface area contributed by atoms with Gasteiger partial charge in [-0.3, -0.25) is 4.79 Å². The molecular weight excluding hydrogens is 338 g/mol. The molecule has 4 nitrogen and oxygen atoms in total. The fraction of sp³-hybridized carbons (Fsp3) is 0.435. The molecular formula is C23H31NO3. The van der Waals surface area contributed by atoms with Crippen molar-refractivity contribution in [1.29, 1.82) is 0 Å². The Morgan fingerprint density at radius 1 is 1.07 bits per heavy atom. The third-order valence-corrected chi connectivity index (χ3v) is 4.52. The lowest BCUT2D eigenvalue weighted by molar-refractivity contribution is -0.127. The van der Waals surface area contributed by atoms with Gasteiger partial charge in [0.2, 0.25) is 0 Å². The van der Waals surface area contributed by atoms with E-state index in [1.54, 1.807) is 14.0 Å². The van der Waals surface area contributed by atoms with Crippen LogP contribution in [0.25, 0.3) is 0 Å². The molecule has 0 saturated heterocycles. The molecule has 0 aliphatic heterocycles. The summed E-state index contributed by atoms with van der Waals surface area (Å²) in [6.45, 7) is 8.89. The van der Waals surface area contributed by atoms with E-state index in [0.717, 1.165) is 24.2 Å². The van der Waals surface area contributed by atoms with Crippen LogP contribution in [0.4, 0.5) is 0 Å². The number of benzene rings is 2. The summed E-state index contributed by atoms with van der Waals surface area (Å²) in [5.74, 6) is 1.49. The van der Waals surface area contributed by atoms with Crippen LogP contribution in [0.5, 0.6) is 11.5 Å². The second-order valence-electron chi connectivity index (χ2n) is 7.74. The Morgan fingerprint density at radius 2 is 1.74 bits per heavy atom. The first kappa shape index (κ1) is 20.8. The van der Waals surface area contributed by atoms with Crippen molar-refractivity contribution in [3.05, 3.63) is 59.7 Å². The maximum Gasteiger partial charge on any atom is 0.260 e. The Hall–Kier alpha value is -2.49. The molecule has 2 aromatic carbocycles. The van der Waals surface area contributed by atoms with Crippen LogP contribution in [0.15, 0.2) is 48.5 Å². The van der Waals surface area contributed by atoms with E-state index in [2.05, 4.69) is 26.1 Å². The minimum absolute atomic E-state index is 0.100. The summed E-state index contributed by atoms with van der Waals surface area (Å²) in [7, 11) is 1.67. The predicted molar refractivity (Wildman–Crippen MR) is 110 cm³/mol. The van der Waals surface area contributed by atoms with E-state index >= 15 is 0 Å². The molecule has 0 bridgehead atoms. The van der Waals surface area contributed by atoms with E-state index in [1.807, 2.05) is 48.5 Å². The molecule has 1 N–H and O–H groups in total. The Bertz CT molecular complexity index is 732. The number of carbonyl (C=O) groups excluding carboxylic acids is 1. The summed E-state index contributed by atoms with van der Waals surface area (Å²) in [5.41, 5.74) is 2.49. The van der Waals surface area contributed by atoms with Crippen LogP contribution in [0, 0.1) is 0 Å². The van der Waals surface area contributed by atoms with Gasteiger partial charge in [-0.05, 0) is 54.5 Å². The van der Waals surface area contributed by atoms with Crippen molar-refractivity contribution < 1.29 is 14.3 Å². The van der Waals surface area contributed by atoms with Crippen LogP contribution in [-0.2, 0) is 16.6 Å². The lowest BCUT2D eigenvalue weighted by atomic mass is 9.87. The van der Waals surface area contributed by atoms with Crippen molar-refractivity contribution in [3.8, 4) is 11.5 Å². The van der Waals surface area contributed by atoms with Gasteiger partial charge in [-0.25, -0.2) is 0 Å². The topological polar surface area (TPSA) is 47.6 Å². The fourth-order valence-corrected chi connectivity index (χ4v) is 2.83. The van der Waals surface area contributed by atoms with Crippen molar-refractivity contribution in [2.45, 2.75) is 52.1 Å². The number of amides is 1. The van der Waals surface area contributed by atoms with Gasteiger partial charge in [-0.2, -0.15) is 0 Å². The molecule has 0 unspecified atom stereocenters. The highest BCUT2D eigenvalue weighted by Gasteiger charge is 2.16. The van der Waals surface area contributed by atoms with Gasteiger partial charge < -0.3 is 14.8 Å². The number of para-hydroxylation sites is 1. The molecule has 0 saturated carbocycles. The first-order valence-corrected chi connectivity index (χ1v) is 9.48. The Labute approximate surface area is 162 Å². The predicted octanol–water partition coefficient (Wildman–Crippen LogP) is 4.51. The zero-order valence-corrected chi connectivity index (χ0v) is 17.0. The van der Waals surface area contributed by atoms with Gasteiger partial charge in [-0.1, -0.05) is 51.1 Å². The third-order valence-electron chi connectivity index (χ3n) is 4.52. The molecule has 0 aliphatic rings. The highest BCUT2D eigenvalue weighted by atomic mass is 16.5. The number of ether oxygens (including phenoxy) is 2. The van der Waals surface area contributed by atoms with Crippen LogP contribution in [0.1, 0.15) is 45.2 Å². The molecule has 27 heavy (non-hydrogen) atoms. The molecule has 2 rings (SSSR count). The normalized spacial score (nSPS) is 12.3. The van der Waals surface area contributed by atoms with E-state index < -0.39 is 6.10 Å². The van der Waals surface area contributed by atoms with Gasteiger partial charge >= 0.3 is 0 Å². The molecule has 1 amide bonds. The molecule has 0 aromatic heterocycles. The minimum atomic E-state index is -0.531. The number of carbonyl (C=O) groups is 1. The molecule has 0 radical (unpaired) electrons. The molecule has 0 fully saturated rings. The van der Waals surface area contributed by atoms with Crippen LogP contribution in [0.2, 0.25) is 0 Å². The Morgan fingerprint density at radius 3 is 2.37 bits per heavy atom. The number of aryl methyl sites for hydroxylation is 1. The number of rotatable bonds is 8. The highest BCUT2D eigenvalue weighted by Crippen LogP contribution is 2.24. The highest BCUT2D eigenvalue weighted by molar-refractivity contribution is 5.80. The van der Waals surface area contributed by atoms with Gasteiger partial charge in [0.1, 0.15) is 11.5 Å². The first-order valence-electron chi connectivity index (χ1n) is 9.48. The smallest absolute Gasteiger partial charge is 0.260 e. The maximum absolute atomic E-state index is 12.2. The molecule has 0 spiro atoms. The van der Waals surface area contributed by atoms with Crippen molar-refractivity contribution in [1.82, 2.24) is 5.32 Å². The van der Waals surface area contributed by atoms with Crippen LogP contribution in [-0.4, -0.2) is 25.7 Å². The molecule has 1 atom stereocenters. The van der Waals surface area contributed by atoms with Gasteiger partial charge in [-0.15, -0.1) is 0 Å². The summed E-state index contributed by atoms with van der Waals surface area (Å²) in [4.78, 5) is 12.2. The van der Waals surface area contributed by atoms with Gasteiger partial charge in [0, 0.05) is 6.54 Å². The fourth-order valence-electron chi connectivity index (χ4n) is 2.83. The lowest BCUT2D eigenvalue weighted by Gasteiger charge is -2.20. The van der Waals surface area contributed by atoms with Crippen LogP contribution < -0.4 is 14.8 Å². The SMILES string of the molecule is COc1ccccc1CCCNC(=O)[C@@H](C)Oc1ccc(C(C)(C)C)cc1.